The second-order valence-corrected chi connectivity index (χ2v) is 24.0. The summed E-state index contributed by atoms with van der Waals surface area (Å²) in [6.07, 6.45) is 71.7. The molecule has 0 aliphatic rings. The van der Waals surface area contributed by atoms with E-state index in [1.54, 1.807) is 0 Å². The zero-order valence-corrected chi connectivity index (χ0v) is 51.4. The highest BCUT2D eigenvalue weighted by Crippen LogP contribution is 2.43. The maximum absolute atomic E-state index is 13.5. The summed E-state index contributed by atoms with van der Waals surface area (Å²) in [5, 5.41) is 3.05. The molecule has 442 valence electrons. The van der Waals surface area contributed by atoms with Gasteiger partial charge in [0, 0.05) is 12.8 Å². The molecule has 0 aromatic carbocycles. The van der Waals surface area contributed by atoms with Crippen molar-refractivity contribution in [1.29, 1.82) is 0 Å². The van der Waals surface area contributed by atoms with E-state index in [-0.39, 0.29) is 31.5 Å². The molecule has 0 bridgehead atoms. The Morgan fingerprint density at radius 2 is 0.803 bits per heavy atom. The first-order valence-corrected chi connectivity index (χ1v) is 33.3. The van der Waals surface area contributed by atoms with Crippen molar-refractivity contribution in [2.45, 2.75) is 296 Å². The number of ether oxygens (including phenoxy) is 1. The third kappa shape index (κ3) is 56.2. The van der Waals surface area contributed by atoms with Crippen LogP contribution in [0.2, 0.25) is 0 Å². The molecular formula is C66H122N2O7P+. The van der Waals surface area contributed by atoms with Crippen molar-refractivity contribution in [2.75, 3.05) is 40.9 Å². The summed E-state index contributed by atoms with van der Waals surface area (Å²) < 4.78 is 30.7. The van der Waals surface area contributed by atoms with Crippen molar-refractivity contribution >= 4 is 19.7 Å². The molecular weight excluding hydrogens is 964 g/mol. The van der Waals surface area contributed by atoms with E-state index in [1.807, 2.05) is 33.3 Å². The molecule has 0 rings (SSSR count). The molecule has 9 nitrogen and oxygen atoms in total. The summed E-state index contributed by atoms with van der Waals surface area (Å²) in [4.78, 5) is 37.7. The molecule has 0 fully saturated rings. The van der Waals surface area contributed by atoms with Gasteiger partial charge in [-0.2, -0.15) is 0 Å². The molecule has 1 amide bonds. The predicted molar refractivity (Wildman–Crippen MR) is 328 cm³/mol. The van der Waals surface area contributed by atoms with E-state index in [0.717, 1.165) is 103 Å². The minimum absolute atomic E-state index is 0.0352. The highest BCUT2D eigenvalue weighted by Gasteiger charge is 2.30. The molecule has 2 N–H and O–H groups in total. The van der Waals surface area contributed by atoms with Gasteiger partial charge >= 0.3 is 13.8 Å². The van der Waals surface area contributed by atoms with Crippen LogP contribution in [-0.2, 0) is 27.9 Å². The number of phosphoric acid groups is 1. The lowest BCUT2D eigenvalue weighted by molar-refractivity contribution is -0.870. The van der Waals surface area contributed by atoms with Crippen LogP contribution in [0.3, 0.4) is 0 Å². The van der Waals surface area contributed by atoms with E-state index in [0.29, 0.717) is 17.4 Å². The normalized spacial score (nSPS) is 14.1. The molecule has 76 heavy (non-hydrogen) atoms. The van der Waals surface area contributed by atoms with Crippen LogP contribution >= 0.6 is 7.82 Å². The van der Waals surface area contributed by atoms with Crippen molar-refractivity contribution in [2.24, 2.45) is 0 Å². The highest BCUT2D eigenvalue weighted by molar-refractivity contribution is 7.47. The van der Waals surface area contributed by atoms with Crippen LogP contribution in [0.4, 0.5) is 0 Å². The van der Waals surface area contributed by atoms with Crippen LogP contribution < -0.4 is 5.32 Å². The molecule has 0 saturated heterocycles. The summed E-state index contributed by atoms with van der Waals surface area (Å²) in [7, 11) is 1.48. The molecule has 0 saturated carbocycles. The maximum Gasteiger partial charge on any atom is 0.472 e. The predicted octanol–water partition coefficient (Wildman–Crippen LogP) is 19.6. The first-order chi connectivity index (χ1) is 36.9. The Bertz CT molecular complexity index is 1530. The zero-order chi connectivity index (χ0) is 55.7. The van der Waals surface area contributed by atoms with Gasteiger partial charge in [-0.3, -0.25) is 18.6 Å². The van der Waals surface area contributed by atoms with E-state index < -0.39 is 20.0 Å². The van der Waals surface area contributed by atoms with Gasteiger partial charge in [-0.15, -0.1) is 0 Å². The maximum atomic E-state index is 13.5. The summed E-state index contributed by atoms with van der Waals surface area (Å²) in [5.41, 5.74) is 0. The number of esters is 1. The zero-order valence-electron chi connectivity index (χ0n) is 50.5. The lowest BCUT2D eigenvalue weighted by atomic mass is 10.0. The standard InChI is InChI=1S/C66H121N2O7P/c1-7-10-13-16-19-22-25-28-30-32-33-34-35-37-39-41-44-47-50-53-56-59-66(70)75-64(57-54-51-48-45-42-27-24-21-18-15-12-9-3)63(62-74-76(71,72)73-61-60-68(4,5)6)67-65(69)58-55-52-49-46-43-40-38-36-31-29-26-23-20-17-14-11-8-2/h19-20,22-23,28-31,33-34,54,57,63-64H,7-18,21,24-27,32,35-53,55-56,58-62H2,1-6H3,(H-,67,69,71,72)/p+1/b22-19-,23-20-,30-28-,31-29-,34-33-,57-54+. The Labute approximate surface area is 470 Å². The number of phosphoric ester groups is 1. The van der Waals surface area contributed by atoms with Gasteiger partial charge in [0.05, 0.1) is 33.8 Å². The minimum Gasteiger partial charge on any atom is -0.456 e. The number of carbonyl (C=O) groups excluding carboxylic acids is 2. The van der Waals surface area contributed by atoms with Crippen molar-refractivity contribution in [3.8, 4) is 0 Å². The monoisotopic (exact) mass is 1090 g/mol. The molecule has 10 heteroatoms. The smallest absolute Gasteiger partial charge is 0.456 e. The van der Waals surface area contributed by atoms with Crippen LogP contribution in [0.25, 0.3) is 0 Å². The van der Waals surface area contributed by atoms with E-state index in [1.165, 1.54) is 148 Å². The summed E-state index contributed by atoms with van der Waals surface area (Å²) in [5.74, 6) is -0.519. The number of quaternary nitrogens is 1. The van der Waals surface area contributed by atoms with E-state index >= 15 is 0 Å². The largest absolute Gasteiger partial charge is 0.472 e. The molecule has 3 atom stereocenters. The first kappa shape index (κ1) is 73.5. The molecule has 0 aromatic heterocycles. The third-order valence-electron chi connectivity index (χ3n) is 13.9. The second-order valence-electron chi connectivity index (χ2n) is 22.6. The van der Waals surface area contributed by atoms with Gasteiger partial charge in [-0.1, -0.05) is 242 Å². The number of hydrogen-bond donors (Lipinski definition) is 2. The quantitative estimate of drug-likeness (QED) is 0.0205. The van der Waals surface area contributed by atoms with Gasteiger partial charge in [-0.25, -0.2) is 4.57 Å². The second kappa shape index (κ2) is 55.8. The third-order valence-corrected chi connectivity index (χ3v) is 14.9. The highest BCUT2D eigenvalue weighted by atomic mass is 31.2. The van der Waals surface area contributed by atoms with Gasteiger partial charge in [0.25, 0.3) is 0 Å². The Kier molecular flexibility index (Phi) is 53.9. The van der Waals surface area contributed by atoms with Gasteiger partial charge in [-0.05, 0) is 102 Å². The van der Waals surface area contributed by atoms with Gasteiger partial charge in [0.15, 0.2) is 0 Å². The van der Waals surface area contributed by atoms with E-state index in [2.05, 4.69) is 86.8 Å². The number of allylic oxidation sites excluding steroid dienone is 11. The average molecular weight is 1090 g/mol. The van der Waals surface area contributed by atoms with Gasteiger partial charge in [0.1, 0.15) is 19.3 Å². The number of hydrogen-bond acceptors (Lipinski definition) is 6. The van der Waals surface area contributed by atoms with Crippen LogP contribution in [0.15, 0.2) is 72.9 Å². The van der Waals surface area contributed by atoms with Crippen LogP contribution in [0, 0.1) is 0 Å². The lowest BCUT2D eigenvalue weighted by Gasteiger charge is -2.27. The molecule has 0 radical (unpaired) electrons. The number of amides is 1. The van der Waals surface area contributed by atoms with Crippen LogP contribution in [0.5, 0.6) is 0 Å². The first-order valence-electron chi connectivity index (χ1n) is 31.8. The molecule has 0 aliphatic heterocycles. The topological polar surface area (TPSA) is 111 Å². The summed E-state index contributed by atoms with van der Waals surface area (Å²) in [6.45, 7) is 6.96. The molecule has 0 aromatic rings. The minimum atomic E-state index is -4.45. The number of nitrogens with one attached hydrogen (secondary N) is 1. The average Bonchev–Trinajstić information content (AvgIpc) is 3.38. The number of unbranched alkanes of at least 4 members (excludes halogenated alkanes) is 31. The van der Waals surface area contributed by atoms with Gasteiger partial charge in [0.2, 0.25) is 5.91 Å². The van der Waals surface area contributed by atoms with E-state index in [9.17, 15) is 19.0 Å². The fourth-order valence-corrected chi connectivity index (χ4v) is 9.65. The van der Waals surface area contributed by atoms with E-state index in [4.69, 9.17) is 13.8 Å². The number of rotatable bonds is 57. The number of carbonyl (C=O) groups is 2. The van der Waals surface area contributed by atoms with Crippen LogP contribution in [-0.4, -0.2) is 74.3 Å². The Balaban J connectivity index is 5.25. The Morgan fingerprint density at radius 3 is 1.22 bits per heavy atom. The number of nitrogens with zero attached hydrogens (tertiary/aromatic N) is 1. The van der Waals surface area contributed by atoms with Crippen molar-refractivity contribution in [1.82, 2.24) is 5.32 Å². The van der Waals surface area contributed by atoms with Crippen molar-refractivity contribution < 1.29 is 37.3 Å². The Hall–Kier alpha value is -2.55. The molecule has 0 spiro atoms. The lowest BCUT2D eigenvalue weighted by Crippen LogP contribution is -2.47. The fraction of sp³-hybridized carbons (Fsp3) is 0.788. The molecule has 3 unspecified atom stereocenters. The summed E-state index contributed by atoms with van der Waals surface area (Å²) >= 11 is 0. The van der Waals surface area contributed by atoms with Gasteiger partial charge < -0.3 is 19.4 Å². The van der Waals surface area contributed by atoms with Crippen LogP contribution in [0.1, 0.15) is 284 Å². The SMILES string of the molecule is CCCCC/C=C\C/C=C\C/C=C\CCCCCCCCCCC(=O)OC(/C=C/CCCCCCCCCCCC)C(COP(=O)(O)OCC[N+](C)(C)C)NC(=O)CCCCCCCCC/C=C\C/C=C\CCCCC. The molecule has 0 aliphatic carbocycles. The van der Waals surface area contributed by atoms with Crippen molar-refractivity contribution in [3.63, 3.8) is 0 Å². The summed E-state index contributed by atoms with van der Waals surface area (Å²) in [6, 6.07) is -0.858. The number of likely N-dealkylation sites (N-methyl/N-ethyl adjacent to an activating group) is 1. The molecule has 0 heterocycles. The Morgan fingerprint density at radius 1 is 0.461 bits per heavy atom. The fourth-order valence-electron chi connectivity index (χ4n) is 8.92. The van der Waals surface area contributed by atoms with Crippen molar-refractivity contribution in [3.05, 3.63) is 72.9 Å².